The number of carbonyl (C=O) groups is 1. The van der Waals surface area contributed by atoms with Crippen LogP contribution in [-0.4, -0.2) is 42.8 Å². The first-order valence-corrected chi connectivity index (χ1v) is 13.4. The predicted octanol–water partition coefficient (Wildman–Crippen LogP) is 6.87. The zero-order chi connectivity index (χ0) is 25.1. The van der Waals surface area contributed by atoms with Crippen molar-refractivity contribution < 1.29 is 19.0 Å². The zero-order valence-corrected chi connectivity index (χ0v) is 22.7. The van der Waals surface area contributed by atoms with Crippen LogP contribution in [0.3, 0.4) is 0 Å². The second-order valence-electron chi connectivity index (χ2n) is 9.18. The lowest BCUT2D eigenvalue weighted by Gasteiger charge is -2.20. The first-order valence-electron chi connectivity index (χ1n) is 12.3. The number of halogens is 1. The normalized spacial score (nSPS) is 16.4. The van der Waals surface area contributed by atoms with Crippen molar-refractivity contribution in [2.24, 2.45) is 4.99 Å². The number of hydrogen-bond acceptors (Lipinski definition) is 5. The van der Waals surface area contributed by atoms with Gasteiger partial charge in [-0.1, -0.05) is 17.7 Å². The average molecular weight is 596 g/mol. The highest BCUT2D eigenvalue weighted by molar-refractivity contribution is 14.1. The monoisotopic (exact) mass is 596 g/mol. The minimum Gasteiger partial charge on any atom is -0.493 e. The van der Waals surface area contributed by atoms with E-state index in [9.17, 15) is 4.79 Å². The first kappa shape index (κ1) is 24.6. The van der Waals surface area contributed by atoms with Gasteiger partial charge in [-0.25, -0.2) is 0 Å². The highest BCUT2D eigenvalue weighted by atomic mass is 127. The molecule has 0 saturated carbocycles. The van der Waals surface area contributed by atoms with Crippen LogP contribution in [-0.2, 0) is 0 Å². The van der Waals surface area contributed by atoms with Crippen molar-refractivity contribution in [3.8, 4) is 23.0 Å². The quantitative estimate of drug-likeness (QED) is 0.211. The fraction of sp³-hybridized carbons (Fsp3) is 0.310. The molecule has 0 unspecified atom stereocenters. The van der Waals surface area contributed by atoms with Gasteiger partial charge in [-0.05, 0) is 85.2 Å². The Labute approximate surface area is 225 Å². The Balaban J connectivity index is 1.15. The summed E-state index contributed by atoms with van der Waals surface area (Å²) in [5.74, 6) is 3.14. The highest BCUT2D eigenvalue weighted by Gasteiger charge is 2.32. The number of amides is 1. The molecule has 3 aromatic rings. The van der Waals surface area contributed by atoms with E-state index in [0.29, 0.717) is 30.9 Å². The van der Waals surface area contributed by atoms with Crippen LogP contribution in [0.1, 0.15) is 40.7 Å². The largest absolute Gasteiger partial charge is 0.493 e. The van der Waals surface area contributed by atoms with Crippen LogP contribution in [0.15, 0.2) is 59.6 Å². The van der Waals surface area contributed by atoms with Gasteiger partial charge < -0.3 is 19.1 Å². The van der Waals surface area contributed by atoms with Crippen molar-refractivity contribution in [1.82, 2.24) is 4.90 Å². The number of fused-ring (bicyclic) bond motifs is 2. The molecule has 0 N–H and O–H groups in total. The third-order valence-electron chi connectivity index (χ3n) is 6.44. The third kappa shape index (κ3) is 5.51. The molecule has 1 fully saturated rings. The Hall–Kier alpha value is -3.07. The molecule has 2 heterocycles. The predicted molar refractivity (Wildman–Crippen MR) is 149 cm³/mol. The van der Waals surface area contributed by atoms with Gasteiger partial charge in [0.25, 0.3) is 5.91 Å². The van der Waals surface area contributed by atoms with E-state index < -0.39 is 0 Å². The van der Waals surface area contributed by atoms with E-state index in [1.165, 1.54) is 5.56 Å². The van der Waals surface area contributed by atoms with Gasteiger partial charge in [-0.2, -0.15) is 0 Å². The average Bonchev–Trinajstić information content (AvgIpc) is 3.30. The lowest BCUT2D eigenvalue weighted by atomic mass is 10.1. The summed E-state index contributed by atoms with van der Waals surface area (Å²) < 4.78 is 19.0. The number of benzene rings is 3. The van der Waals surface area contributed by atoms with Crippen LogP contribution < -0.4 is 14.2 Å². The Morgan fingerprint density at radius 1 is 0.972 bits per heavy atom. The molecule has 6 nitrogen and oxygen atoms in total. The second kappa shape index (κ2) is 10.9. The maximum Gasteiger partial charge on any atom is 0.256 e. The van der Waals surface area contributed by atoms with Crippen molar-refractivity contribution in [1.29, 1.82) is 0 Å². The van der Waals surface area contributed by atoms with Crippen molar-refractivity contribution in [3.05, 3.63) is 74.9 Å². The topological polar surface area (TPSA) is 60.4 Å². The van der Waals surface area contributed by atoms with Gasteiger partial charge in [0, 0.05) is 31.3 Å². The number of ether oxygens (including phenoxy) is 3. The highest BCUT2D eigenvalue weighted by Crippen LogP contribution is 2.34. The minimum atomic E-state index is 0.0660. The summed E-state index contributed by atoms with van der Waals surface area (Å²) in [6.45, 7) is 5.84. The van der Waals surface area contributed by atoms with Gasteiger partial charge in [0.05, 0.1) is 34.1 Å². The minimum absolute atomic E-state index is 0.0660. The molecule has 5 rings (SSSR count). The molecule has 0 spiro atoms. The number of carbonyl (C=O) groups excluding carboxylic acids is 1. The Morgan fingerprint density at radius 3 is 2.58 bits per heavy atom. The Morgan fingerprint density at radius 2 is 1.75 bits per heavy atom. The molecule has 2 aliphatic rings. The summed E-state index contributed by atoms with van der Waals surface area (Å²) in [6.07, 6.45) is 4.63. The molecule has 3 aromatic carbocycles. The molecule has 0 radical (unpaired) electrons. The third-order valence-corrected chi connectivity index (χ3v) is 7.33. The molecule has 7 heteroatoms. The fourth-order valence-corrected chi connectivity index (χ4v) is 4.89. The van der Waals surface area contributed by atoms with E-state index in [4.69, 9.17) is 14.2 Å². The molecule has 0 aliphatic carbocycles. The van der Waals surface area contributed by atoms with E-state index in [1.54, 1.807) is 0 Å². The maximum atomic E-state index is 13.0. The Kier molecular flexibility index (Phi) is 7.46. The van der Waals surface area contributed by atoms with Gasteiger partial charge in [-0.15, -0.1) is 0 Å². The first-order chi connectivity index (χ1) is 17.5. The van der Waals surface area contributed by atoms with Gasteiger partial charge in [0.1, 0.15) is 23.0 Å². The van der Waals surface area contributed by atoms with Crippen LogP contribution in [0, 0.1) is 17.4 Å². The summed E-state index contributed by atoms with van der Waals surface area (Å²) >= 11 is 2.26. The smallest absolute Gasteiger partial charge is 0.256 e. The van der Waals surface area contributed by atoms with E-state index in [2.05, 4.69) is 34.5 Å². The van der Waals surface area contributed by atoms with Crippen LogP contribution in [0.5, 0.6) is 23.0 Å². The van der Waals surface area contributed by atoms with Crippen LogP contribution in [0.2, 0.25) is 0 Å². The standard InChI is InChI=1S/C29H29IN2O4/c1-19-6-8-22(9-7-19)36-28-16-23(10-11-25(28)30)34-13-4-14-35-27-17-26-24(15-20(27)2)29(33)32-12-3-5-21(32)18-31-26/h6-11,15-18,21H,3-5,12-14H2,1-2H3/t21-/m0/s1. The molecule has 2 aliphatic heterocycles. The molecular formula is C29H29IN2O4. The molecule has 1 saturated heterocycles. The van der Waals surface area contributed by atoms with E-state index >= 15 is 0 Å². The lowest BCUT2D eigenvalue weighted by molar-refractivity contribution is 0.0774. The fourth-order valence-electron chi connectivity index (χ4n) is 4.45. The molecule has 0 bridgehead atoms. The van der Waals surface area contributed by atoms with E-state index in [0.717, 1.165) is 51.5 Å². The number of rotatable bonds is 8. The molecule has 186 valence electrons. The molecule has 1 amide bonds. The zero-order valence-electron chi connectivity index (χ0n) is 20.5. The van der Waals surface area contributed by atoms with Gasteiger partial charge in [0.15, 0.2) is 0 Å². The summed E-state index contributed by atoms with van der Waals surface area (Å²) in [7, 11) is 0. The van der Waals surface area contributed by atoms with E-state index in [-0.39, 0.29) is 11.9 Å². The Bertz CT molecular complexity index is 1290. The number of aliphatic imine (C=N–C) groups is 1. The van der Waals surface area contributed by atoms with Crippen LogP contribution in [0.4, 0.5) is 5.69 Å². The van der Waals surface area contributed by atoms with Gasteiger partial charge in [0.2, 0.25) is 0 Å². The van der Waals surface area contributed by atoms with Crippen molar-refractivity contribution >= 4 is 40.4 Å². The van der Waals surface area contributed by atoms with Crippen molar-refractivity contribution in [3.63, 3.8) is 0 Å². The molecule has 0 aromatic heterocycles. The van der Waals surface area contributed by atoms with Crippen molar-refractivity contribution in [2.45, 2.75) is 39.2 Å². The van der Waals surface area contributed by atoms with E-state index in [1.807, 2.05) is 72.6 Å². The van der Waals surface area contributed by atoms with Crippen molar-refractivity contribution in [2.75, 3.05) is 19.8 Å². The molecule has 1 atom stereocenters. The summed E-state index contributed by atoms with van der Waals surface area (Å²) in [6, 6.07) is 17.7. The number of aryl methyl sites for hydroxylation is 2. The molecular weight excluding hydrogens is 567 g/mol. The van der Waals surface area contributed by atoms with Gasteiger partial charge >= 0.3 is 0 Å². The van der Waals surface area contributed by atoms with Crippen LogP contribution in [0.25, 0.3) is 0 Å². The SMILES string of the molecule is Cc1ccc(Oc2cc(OCCCOc3cc4c(cc3C)C(=O)N3CCC[C@H]3C=N4)ccc2I)cc1. The van der Waals surface area contributed by atoms with Crippen LogP contribution >= 0.6 is 22.6 Å². The summed E-state index contributed by atoms with van der Waals surface area (Å²) in [4.78, 5) is 19.5. The second-order valence-corrected chi connectivity index (χ2v) is 10.3. The maximum absolute atomic E-state index is 13.0. The molecule has 36 heavy (non-hydrogen) atoms. The number of nitrogens with zero attached hydrogens (tertiary/aromatic N) is 2. The lowest BCUT2D eigenvalue weighted by Crippen LogP contribution is -2.35. The number of hydrogen-bond donors (Lipinski definition) is 0. The summed E-state index contributed by atoms with van der Waals surface area (Å²) in [5, 5.41) is 0. The summed E-state index contributed by atoms with van der Waals surface area (Å²) in [5.41, 5.74) is 3.47. The van der Waals surface area contributed by atoms with Gasteiger partial charge in [-0.3, -0.25) is 9.79 Å².